The maximum atomic E-state index is 13.2. The van der Waals surface area contributed by atoms with Crippen LogP contribution in [0.1, 0.15) is 0 Å². The monoisotopic (exact) mass is 380 g/mol. The maximum absolute atomic E-state index is 13.2. The number of nitrogens with one attached hydrogen (secondary N) is 1. The second-order valence-electron chi connectivity index (χ2n) is 4.89. The molecular formula is C16H11ClF2N4OS. The molecule has 0 aliphatic heterocycles. The first kappa shape index (κ1) is 17.4. The molecule has 0 unspecified atom stereocenters. The molecule has 0 fully saturated rings. The lowest BCUT2D eigenvalue weighted by molar-refractivity contribution is -0.113. The van der Waals surface area contributed by atoms with Gasteiger partial charge in [0.25, 0.3) is 0 Å². The number of rotatable bonds is 5. The van der Waals surface area contributed by atoms with Crippen molar-refractivity contribution in [2.75, 3.05) is 11.1 Å². The van der Waals surface area contributed by atoms with Crippen molar-refractivity contribution in [2.45, 2.75) is 4.90 Å². The first-order chi connectivity index (χ1) is 12.0. The third kappa shape index (κ3) is 4.15. The Kier molecular flexibility index (Phi) is 5.30. The molecule has 3 aromatic rings. The lowest BCUT2D eigenvalue weighted by Gasteiger charge is -2.12. The highest BCUT2D eigenvalue weighted by Crippen LogP contribution is 2.28. The van der Waals surface area contributed by atoms with Crippen molar-refractivity contribution < 1.29 is 13.6 Å². The number of anilines is 1. The largest absolute Gasteiger partial charge is 0.323 e. The third-order valence-electron chi connectivity index (χ3n) is 3.17. The lowest BCUT2D eigenvalue weighted by Crippen LogP contribution is -2.16. The molecule has 1 heterocycles. The molecule has 1 N–H and O–H groups in total. The predicted octanol–water partition coefficient (Wildman–Crippen LogP) is 3.93. The number of benzene rings is 2. The quantitative estimate of drug-likeness (QED) is 0.681. The van der Waals surface area contributed by atoms with Crippen molar-refractivity contribution in [2.24, 2.45) is 0 Å². The normalized spacial score (nSPS) is 10.7. The van der Waals surface area contributed by atoms with Crippen LogP contribution in [0.4, 0.5) is 14.5 Å². The molecule has 0 atom stereocenters. The summed E-state index contributed by atoms with van der Waals surface area (Å²) in [6.07, 6.45) is 2.82. The van der Waals surface area contributed by atoms with Gasteiger partial charge in [-0.15, -0.1) is 11.8 Å². The van der Waals surface area contributed by atoms with Crippen molar-refractivity contribution in [3.8, 4) is 5.69 Å². The summed E-state index contributed by atoms with van der Waals surface area (Å²) in [5, 5.41) is 7.15. The van der Waals surface area contributed by atoms with Crippen LogP contribution in [0.2, 0.25) is 5.02 Å². The average molecular weight is 381 g/mol. The Balaban J connectivity index is 1.71. The van der Waals surface area contributed by atoms with Crippen LogP contribution in [0.3, 0.4) is 0 Å². The van der Waals surface area contributed by atoms with Crippen LogP contribution >= 0.6 is 23.4 Å². The van der Waals surface area contributed by atoms with E-state index in [4.69, 9.17) is 11.6 Å². The summed E-state index contributed by atoms with van der Waals surface area (Å²) in [7, 11) is 0. The molecule has 9 heteroatoms. The Morgan fingerprint density at radius 1 is 1.24 bits per heavy atom. The average Bonchev–Trinajstić information content (AvgIpc) is 3.10. The fourth-order valence-corrected chi connectivity index (χ4v) is 3.06. The SMILES string of the molecule is O=C(CSc1ccc(F)c(F)c1)Nc1cccc(Cl)c1-n1cncn1. The Hall–Kier alpha value is -2.45. The topological polar surface area (TPSA) is 59.8 Å². The highest BCUT2D eigenvalue weighted by molar-refractivity contribution is 8.00. The first-order valence-corrected chi connectivity index (χ1v) is 8.42. The van der Waals surface area contributed by atoms with Gasteiger partial charge in [0.2, 0.25) is 5.91 Å². The highest BCUT2D eigenvalue weighted by Gasteiger charge is 2.13. The van der Waals surface area contributed by atoms with E-state index in [0.717, 1.165) is 23.9 Å². The summed E-state index contributed by atoms with van der Waals surface area (Å²) in [6.45, 7) is 0. The molecule has 0 radical (unpaired) electrons. The molecule has 2 aromatic carbocycles. The van der Waals surface area contributed by atoms with E-state index in [1.54, 1.807) is 18.2 Å². The van der Waals surface area contributed by atoms with Crippen LogP contribution in [0, 0.1) is 11.6 Å². The number of halogens is 3. The molecule has 25 heavy (non-hydrogen) atoms. The first-order valence-electron chi connectivity index (χ1n) is 7.06. The van der Waals surface area contributed by atoms with Crippen LogP contribution in [0.25, 0.3) is 5.69 Å². The van der Waals surface area contributed by atoms with Crippen LogP contribution in [0.15, 0.2) is 53.9 Å². The van der Waals surface area contributed by atoms with Gasteiger partial charge in [-0.2, -0.15) is 5.10 Å². The van der Waals surface area contributed by atoms with Crippen LogP contribution < -0.4 is 5.32 Å². The number of amides is 1. The molecule has 0 saturated carbocycles. The standard InChI is InChI=1S/C16H11ClF2N4OS/c17-11-2-1-3-14(16(11)23-9-20-8-21-23)22-15(24)7-25-10-4-5-12(18)13(19)6-10/h1-6,8-9H,7H2,(H,22,24). The van der Waals surface area contributed by atoms with Crippen LogP contribution in [-0.2, 0) is 4.79 Å². The Bertz CT molecular complexity index is 905. The van der Waals surface area contributed by atoms with E-state index in [1.165, 1.54) is 23.4 Å². The molecule has 1 amide bonds. The van der Waals surface area contributed by atoms with Gasteiger partial charge < -0.3 is 5.32 Å². The zero-order valence-corrected chi connectivity index (χ0v) is 14.2. The molecular weight excluding hydrogens is 370 g/mol. The van der Waals surface area contributed by atoms with Crippen molar-refractivity contribution in [3.63, 3.8) is 0 Å². The van der Waals surface area contributed by atoms with E-state index in [9.17, 15) is 13.6 Å². The number of hydrogen-bond donors (Lipinski definition) is 1. The Labute approximate surface area is 151 Å². The zero-order chi connectivity index (χ0) is 17.8. The number of thioether (sulfide) groups is 1. The number of carbonyl (C=O) groups is 1. The predicted molar refractivity (Wildman–Crippen MR) is 92.1 cm³/mol. The van der Waals surface area contributed by atoms with Gasteiger partial charge in [-0.1, -0.05) is 17.7 Å². The van der Waals surface area contributed by atoms with Gasteiger partial charge in [0.05, 0.1) is 16.5 Å². The summed E-state index contributed by atoms with van der Waals surface area (Å²) in [4.78, 5) is 16.5. The van der Waals surface area contributed by atoms with E-state index in [1.807, 2.05) is 0 Å². The molecule has 5 nitrogen and oxygen atoms in total. The summed E-state index contributed by atoms with van der Waals surface area (Å²) >= 11 is 7.28. The van der Waals surface area contributed by atoms with E-state index < -0.39 is 11.6 Å². The summed E-state index contributed by atoms with van der Waals surface area (Å²) in [6, 6.07) is 8.54. The van der Waals surface area contributed by atoms with Gasteiger partial charge >= 0.3 is 0 Å². The number of hydrogen-bond acceptors (Lipinski definition) is 4. The minimum Gasteiger partial charge on any atom is -0.323 e. The summed E-state index contributed by atoms with van der Waals surface area (Å²) in [5.74, 6) is -2.17. The fourth-order valence-electron chi connectivity index (χ4n) is 2.07. The number of aromatic nitrogens is 3. The fraction of sp³-hybridized carbons (Fsp3) is 0.0625. The van der Waals surface area contributed by atoms with E-state index in [-0.39, 0.29) is 11.7 Å². The molecule has 0 bridgehead atoms. The van der Waals surface area contributed by atoms with Gasteiger partial charge in [0.15, 0.2) is 11.6 Å². The third-order valence-corrected chi connectivity index (χ3v) is 4.47. The van der Waals surface area contributed by atoms with Crippen molar-refractivity contribution in [1.82, 2.24) is 14.8 Å². The second-order valence-corrected chi connectivity index (χ2v) is 6.34. The van der Waals surface area contributed by atoms with Gasteiger partial charge in [-0.25, -0.2) is 18.4 Å². The van der Waals surface area contributed by atoms with E-state index in [0.29, 0.717) is 21.3 Å². The van der Waals surface area contributed by atoms with E-state index >= 15 is 0 Å². The van der Waals surface area contributed by atoms with Gasteiger partial charge in [-0.3, -0.25) is 4.79 Å². The number of carbonyl (C=O) groups excluding carboxylic acids is 1. The summed E-state index contributed by atoms with van der Waals surface area (Å²) in [5.41, 5.74) is 0.960. The van der Waals surface area contributed by atoms with Crippen LogP contribution in [-0.4, -0.2) is 26.4 Å². The molecule has 0 aliphatic carbocycles. The van der Waals surface area contributed by atoms with Gasteiger partial charge in [0.1, 0.15) is 18.3 Å². The summed E-state index contributed by atoms with van der Waals surface area (Å²) < 4.78 is 27.5. The van der Waals surface area contributed by atoms with Gasteiger partial charge in [-0.05, 0) is 30.3 Å². The number of nitrogens with zero attached hydrogens (tertiary/aromatic N) is 3. The Morgan fingerprint density at radius 2 is 2.08 bits per heavy atom. The zero-order valence-electron chi connectivity index (χ0n) is 12.6. The molecule has 128 valence electrons. The minimum atomic E-state index is -0.950. The number of para-hydroxylation sites is 1. The lowest BCUT2D eigenvalue weighted by atomic mass is 10.2. The molecule has 3 rings (SSSR count). The van der Waals surface area contributed by atoms with Crippen molar-refractivity contribution in [1.29, 1.82) is 0 Å². The highest BCUT2D eigenvalue weighted by atomic mass is 35.5. The van der Waals surface area contributed by atoms with Gasteiger partial charge in [0, 0.05) is 4.90 Å². The molecule has 0 saturated heterocycles. The van der Waals surface area contributed by atoms with E-state index in [2.05, 4.69) is 15.4 Å². The van der Waals surface area contributed by atoms with Crippen LogP contribution in [0.5, 0.6) is 0 Å². The Morgan fingerprint density at radius 3 is 2.80 bits per heavy atom. The van der Waals surface area contributed by atoms with Crippen molar-refractivity contribution >= 4 is 35.0 Å². The van der Waals surface area contributed by atoms with Crippen molar-refractivity contribution in [3.05, 3.63) is 65.7 Å². The minimum absolute atomic E-state index is 0.0222. The smallest absolute Gasteiger partial charge is 0.234 e. The maximum Gasteiger partial charge on any atom is 0.234 e. The molecule has 1 aromatic heterocycles. The second kappa shape index (κ2) is 7.62. The molecule has 0 aliphatic rings. The molecule has 0 spiro atoms.